The predicted molar refractivity (Wildman–Crippen MR) is 60.9 cm³/mol. The summed E-state index contributed by atoms with van der Waals surface area (Å²) < 4.78 is 5.39. The lowest BCUT2D eigenvalue weighted by Crippen LogP contribution is -2.18. The summed E-state index contributed by atoms with van der Waals surface area (Å²) in [5.74, 6) is 0.834. The molecule has 0 aliphatic rings. The fourth-order valence-electron chi connectivity index (χ4n) is 1.54. The molecule has 0 radical (unpaired) electrons. The number of aliphatic hydroxyl groups excluding tert-OH is 1. The van der Waals surface area contributed by atoms with E-state index in [-0.39, 0.29) is 0 Å². The molecule has 0 bridgehead atoms. The monoisotopic (exact) mass is 192 g/mol. The third kappa shape index (κ3) is 2.52. The average Bonchev–Trinajstić information content (AvgIpc) is 2.18. The fraction of sp³-hybridized carbons (Fsp3) is 0.455. The first-order chi connectivity index (χ1) is 6.69. The van der Waals surface area contributed by atoms with Gasteiger partial charge in [0.2, 0.25) is 0 Å². The zero-order valence-electron chi connectivity index (χ0n) is 9.08. The van der Waals surface area contributed by atoms with Gasteiger partial charge in [-0.25, -0.2) is 0 Å². The van der Waals surface area contributed by atoms with Gasteiger partial charge in [0.25, 0.3) is 0 Å². The SMILES string of the molecule is CBc1ccc(OCC)cc1C(C)O. The van der Waals surface area contributed by atoms with Crippen molar-refractivity contribution in [2.24, 2.45) is 0 Å². The van der Waals surface area contributed by atoms with E-state index in [1.807, 2.05) is 25.1 Å². The quantitative estimate of drug-likeness (QED) is 0.727. The van der Waals surface area contributed by atoms with Crippen molar-refractivity contribution in [2.75, 3.05) is 6.61 Å². The Morgan fingerprint density at radius 2 is 2.21 bits per heavy atom. The van der Waals surface area contributed by atoms with E-state index in [1.165, 1.54) is 5.46 Å². The number of benzene rings is 1. The van der Waals surface area contributed by atoms with Crippen LogP contribution in [0.5, 0.6) is 5.75 Å². The van der Waals surface area contributed by atoms with Crippen LogP contribution in [0.4, 0.5) is 0 Å². The number of aliphatic hydroxyl groups is 1. The molecule has 0 spiro atoms. The maximum Gasteiger partial charge on any atom is 0.155 e. The molecule has 76 valence electrons. The van der Waals surface area contributed by atoms with Gasteiger partial charge in [0.1, 0.15) is 5.75 Å². The number of ether oxygens (including phenoxy) is 1. The van der Waals surface area contributed by atoms with E-state index < -0.39 is 6.10 Å². The molecule has 0 aromatic heterocycles. The molecule has 0 amide bonds. The third-order valence-electron chi connectivity index (χ3n) is 2.26. The van der Waals surface area contributed by atoms with Crippen molar-refractivity contribution in [1.82, 2.24) is 0 Å². The van der Waals surface area contributed by atoms with Gasteiger partial charge in [0.05, 0.1) is 12.7 Å². The zero-order chi connectivity index (χ0) is 10.6. The Bertz CT molecular complexity index is 297. The van der Waals surface area contributed by atoms with E-state index >= 15 is 0 Å². The standard InChI is InChI=1S/C11H17BO2/c1-4-14-9-5-6-11(12-3)10(7-9)8(2)13/h5-8,12-13H,4H2,1-3H3. The van der Waals surface area contributed by atoms with Crippen molar-refractivity contribution in [3.05, 3.63) is 23.8 Å². The summed E-state index contributed by atoms with van der Waals surface area (Å²) in [6.07, 6.45) is -0.426. The molecule has 1 N–H and O–H groups in total. The second kappa shape index (κ2) is 5.06. The largest absolute Gasteiger partial charge is 0.494 e. The van der Waals surface area contributed by atoms with E-state index in [0.717, 1.165) is 18.6 Å². The van der Waals surface area contributed by atoms with Crippen molar-refractivity contribution in [2.45, 2.75) is 26.8 Å². The first-order valence-corrected chi connectivity index (χ1v) is 5.12. The molecule has 0 fully saturated rings. The lowest BCUT2D eigenvalue weighted by Gasteiger charge is -2.12. The first kappa shape index (κ1) is 11.1. The van der Waals surface area contributed by atoms with Crippen molar-refractivity contribution < 1.29 is 9.84 Å². The summed E-state index contributed by atoms with van der Waals surface area (Å²) in [6, 6.07) is 5.90. The highest BCUT2D eigenvalue weighted by atomic mass is 16.5. The molecule has 1 aromatic carbocycles. The minimum atomic E-state index is -0.426. The van der Waals surface area contributed by atoms with Crippen LogP contribution < -0.4 is 10.2 Å². The highest BCUT2D eigenvalue weighted by molar-refractivity contribution is 6.52. The highest BCUT2D eigenvalue weighted by Crippen LogP contribution is 2.17. The molecule has 1 rings (SSSR count). The van der Waals surface area contributed by atoms with E-state index in [4.69, 9.17) is 4.74 Å². The third-order valence-corrected chi connectivity index (χ3v) is 2.26. The summed E-state index contributed by atoms with van der Waals surface area (Å²) in [5, 5.41) is 9.57. The van der Waals surface area contributed by atoms with Gasteiger partial charge in [0, 0.05) is 0 Å². The second-order valence-corrected chi connectivity index (χ2v) is 3.32. The molecule has 0 heterocycles. The average molecular weight is 192 g/mol. The molecule has 2 nitrogen and oxygen atoms in total. The van der Waals surface area contributed by atoms with Crippen LogP contribution in [0.3, 0.4) is 0 Å². The van der Waals surface area contributed by atoms with Crippen LogP contribution in [0.15, 0.2) is 18.2 Å². The van der Waals surface area contributed by atoms with Crippen LogP contribution in [0, 0.1) is 0 Å². The topological polar surface area (TPSA) is 29.5 Å². The summed E-state index contributed by atoms with van der Waals surface area (Å²) in [6.45, 7) is 6.48. The molecule has 0 saturated heterocycles. The molecule has 0 saturated carbocycles. The van der Waals surface area contributed by atoms with Crippen molar-refractivity contribution in [1.29, 1.82) is 0 Å². The molecule has 14 heavy (non-hydrogen) atoms. The van der Waals surface area contributed by atoms with Crippen LogP contribution in [0.25, 0.3) is 0 Å². The smallest absolute Gasteiger partial charge is 0.155 e. The summed E-state index contributed by atoms with van der Waals surface area (Å²) in [4.78, 5) is 0. The maximum absolute atomic E-state index is 9.57. The normalized spacial score (nSPS) is 12.3. The molecule has 3 heteroatoms. The summed E-state index contributed by atoms with van der Waals surface area (Å²) in [7, 11) is 0.937. The van der Waals surface area contributed by atoms with E-state index in [0.29, 0.717) is 6.61 Å². The molecule has 0 aliphatic heterocycles. The van der Waals surface area contributed by atoms with Gasteiger partial charge in [-0.2, -0.15) is 0 Å². The number of hydrogen-bond donors (Lipinski definition) is 1. The minimum Gasteiger partial charge on any atom is -0.494 e. The molecule has 1 atom stereocenters. The van der Waals surface area contributed by atoms with Gasteiger partial charge in [0.15, 0.2) is 7.28 Å². The molecular formula is C11H17BO2. The van der Waals surface area contributed by atoms with Crippen LogP contribution in [-0.4, -0.2) is 19.0 Å². The van der Waals surface area contributed by atoms with E-state index in [2.05, 4.69) is 6.82 Å². The van der Waals surface area contributed by atoms with Gasteiger partial charge >= 0.3 is 0 Å². The fourth-order valence-corrected chi connectivity index (χ4v) is 1.54. The Morgan fingerprint density at radius 1 is 1.50 bits per heavy atom. The van der Waals surface area contributed by atoms with E-state index in [9.17, 15) is 5.11 Å². The maximum atomic E-state index is 9.57. The van der Waals surface area contributed by atoms with Gasteiger partial charge in [-0.3, -0.25) is 0 Å². The van der Waals surface area contributed by atoms with Gasteiger partial charge in [-0.15, -0.1) is 0 Å². The molecule has 0 aliphatic carbocycles. The summed E-state index contributed by atoms with van der Waals surface area (Å²) >= 11 is 0. The number of rotatable bonds is 4. The minimum absolute atomic E-state index is 0.426. The van der Waals surface area contributed by atoms with Gasteiger partial charge < -0.3 is 9.84 Å². The van der Waals surface area contributed by atoms with Crippen molar-refractivity contribution in [3.63, 3.8) is 0 Å². The molecule has 1 unspecified atom stereocenters. The van der Waals surface area contributed by atoms with Crippen LogP contribution in [-0.2, 0) is 0 Å². The first-order valence-electron chi connectivity index (χ1n) is 5.12. The highest BCUT2D eigenvalue weighted by Gasteiger charge is 2.08. The molecular weight excluding hydrogens is 175 g/mol. The van der Waals surface area contributed by atoms with Gasteiger partial charge in [-0.05, 0) is 31.5 Å². The van der Waals surface area contributed by atoms with Crippen molar-refractivity contribution >= 4 is 12.7 Å². The lowest BCUT2D eigenvalue weighted by molar-refractivity contribution is 0.199. The van der Waals surface area contributed by atoms with Gasteiger partial charge in [-0.1, -0.05) is 18.4 Å². The molecule has 1 aromatic rings. The lowest BCUT2D eigenvalue weighted by atomic mass is 9.70. The van der Waals surface area contributed by atoms with Crippen LogP contribution in [0.2, 0.25) is 6.82 Å². The second-order valence-electron chi connectivity index (χ2n) is 3.32. The van der Waals surface area contributed by atoms with Crippen molar-refractivity contribution in [3.8, 4) is 5.75 Å². The number of hydrogen-bond acceptors (Lipinski definition) is 2. The Kier molecular flexibility index (Phi) is 4.02. The van der Waals surface area contributed by atoms with E-state index in [1.54, 1.807) is 6.92 Å². The Balaban J connectivity index is 3.01. The Morgan fingerprint density at radius 3 is 2.71 bits per heavy atom. The van der Waals surface area contributed by atoms with Crippen LogP contribution in [0.1, 0.15) is 25.5 Å². The predicted octanol–water partition coefficient (Wildman–Crippen LogP) is 1.25. The Labute approximate surface area is 86.2 Å². The van der Waals surface area contributed by atoms with Crippen LogP contribution >= 0.6 is 0 Å². The summed E-state index contributed by atoms with van der Waals surface area (Å²) in [5.41, 5.74) is 2.15. The zero-order valence-corrected chi connectivity index (χ0v) is 9.08. The Hall–Kier alpha value is -0.955.